The van der Waals surface area contributed by atoms with Gasteiger partial charge in [-0.1, -0.05) is 64.0 Å². The molecule has 3 aromatic rings. The Kier molecular flexibility index (Phi) is 5.50. The number of aliphatic hydroxyl groups excluding tert-OH is 1. The number of likely N-dealkylation sites (tertiary alicyclic amines) is 1. The maximum atomic E-state index is 13.0. The van der Waals surface area contributed by atoms with Crippen molar-refractivity contribution in [3.8, 4) is 0 Å². The molecule has 5 nitrogen and oxygen atoms in total. The Hall–Kier alpha value is -3.25. The van der Waals surface area contributed by atoms with Crippen LogP contribution in [0.25, 0.3) is 5.76 Å². The Morgan fingerprint density at radius 3 is 2.53 bits per heavy atom. The fourth-order valence-corrected chi connectivity index (χ4v) is 3.95. The highest BCUT2D eigenvalue weighted by atomic mass is 79.9. The molecule has 1 unspecified atom stereocenters. The molecule has 30 heavy (non-hydrogen) atoms. The van der Waals surface area contributed by atoms with Crippen molar-refractivity contribution in [1.82, 2.24) is 9.88 Å². The fraction of sp³-hybridized carbons (Fsp3) is 0.125. The lowest BCUT2D eigenvalue weighted by atomic mass is 9.94. The van der Waals surface area contributed by atoms with E-state index in [0.29, 0.717) is 5.56 Å². The summed E-state index contributed by atoms with van der Waals surface area (Å²) in [5, 5.41) is 11.0. The van der Waals surface area contributed by atoms with Crippen LogP contribution in [0.1, 0.15) is 28.3 Å². The third-order valence-corrected chi connectivity index (χ3v) is 5.62. The van der Waals surface area contributed by atoms with Crippen molar-refractivity contribution in [2.24, 2.45) is 0 Å². The van der Waals surface area contributed by atoms with E-state index in [4.69, 9.17) is 0 Å². The smallest absolute Gasteiger partial charge is 0.295 e. The molecule has 1 aliphatic heterocycles. The first-order chi connectivity index (χ1) is 14.5. The van der Waals surface area contributed by atoms with Crippen molar-refractivity contribution < 1.29 is 14.7 Å². The quantitative estimate of drug-likeness (QED) is 0.344. The van der Waals surface area contributed by atoms with E-state index < -0.39 is 17.7 Å². The van der Waals surface area contributed by atoms with Gasteiger partial charge in [0.05, 0.1) is 11.6 Å². The minimum absolute atomic E-state index is 0.0943. The van der Waals surface area contributed by atoms with Gasteiger partial charge in [-0.3, -0.25) is 14.6 Å². The summed E-state index contributed by atoms with van der Waals surface area (Å²) in [6.45, 7) is 2.17. The number of halogens is 1. The molecule has 2 heterocycles. The second-order valence-corrected chi connectivity index (χ2v) is 8.12. The van der Waals surface area contributed by atoms with Gasteiger partial charge in [-0.25, -0.2) is 0 Å². The molecule has 4 rings (SSSR count). The van der Waals surface area contributed by atoms with Crippen molar-refractivity contribution in [3.63, 3.8) is 0 Å². The first-order valence-corrected chi connectivity index (χ1v) is 10.2. The molecule has 6 heteroatoms. The third kappa shape index (κ3) is 3.78. The number of carbonyl (C=O) groups excluding carboxylic acids is 2. The number of aliphatic hydroxyl groups is 1. The predicted molar refractivity (Wildman–Crippen MR) is 117 cm³/mol. The summed E-state index contributed by atoms with van der Waals surface area (Å²) in [7, 11) is 0. The lowest BCUT2D eigenvalue weighted by Gasteiger charge is -2.25. The van der Waals surface area contributed by atoms with E-state index in [2.05, 4.69) is 20.9 Å². The number of Topliss-reactive ketones (excluding diaryl/α,β-unsaturated/α-hetero) is 1. The van der Waals surface area contributed by atoms with E-state index in [9.17, 15) is 14.7 Å². The van der Waals surface area contributed by atoms with Crippen LogP contribution in [0.4, 0.5) is 0 Å². The van der Waals surface area contributed by atoms with Crippen LogP contribution < -0.4 is 0 Å². The molecule has 0 spiro atoms. The van der Waals surface area contributed by atoms with Gasteiger partial charge in [-0.2, -0.15) is 0 Å². The number of ketones is 1. The monoisotopic (exact) mass is 462 g/mol. The summed E-state index contributed by atoms with van der Waals surface area (Å²) < 4.78 is 0.853. The van der Waals surface area contributed by atoms with Gasteiger partial charge in [0.1, 0.15) is 5.76 Å². The maximum absolute atomic E-state index is 13.0. The van der Waals surface area contributed by atoms with Crippen molar-refractivity contribution in [3.05, 3.63) is 105 Å². The Morgan fingerprint density at radius 1 is 1.10 bits per heavy atom. The molecular weight excluding hydrogens is 444 g/mol. The summed E-state index contributed by atoms with van der Waals surface area (Å²) >= 11 is 3.37. The highest BCUT2D eigenvalue weighted by molar-refractivity contribution is 9.10. The molecule has 1 fully saturated rings. The highest BCUT2D eigenvalue weighted by Crippen LogP contribution is 2.40. The molecule has 1 N–H and O–H groups in total. The Bertz CT molecular complexity index is 1140. The van der Waals surface area contributed by atoms with Gasteiger partial charge in [-0.15, -0.1) is 0 Å². The van der Waals surface area contributed by atoms with Crippen LogP contribution in [-0.4, -0.2) is 26.7 Å². The normalized spacial score (nSPS) is 18.1. The standard InChI is InChI=1S/C24H19BrN2O3/c1-15-4-2-6-18(12-15)21-20(22(28)17-7-9-19(25)10-8-17)23(29)24(30)27(21)14-16-5-3-11-26-13-16/h2-13,21,28H,14H2,1H3/b22-20-. The summed E-state index contributed by atoms with van der Waals surface area (Å²) in [5.41, 5.74) is 3.16. The summed E-state index contributed by atoms with van der Waals surface area (Å²) in [6, 6.07) is 17.6. The Balaban J connectivity index is 1.87. The molecule has 2 aromatic carbocycles. The lowest BCUT2D eigenvalue weighted by molar-refractivity contribution is -0.140. The summed E-state index contributed by atoms with van der Waals surface area (Å²) in [5.74, 6) is -1.50. The molecule has 0 radical (unpaired) electrons. The number of hydrogen-bond acceptors (Lipinski definition) is 4. The molecule has 1 aromatic heterocycles. The predicted octanol–water partition coefficient (Wildman–Crippen LogP) is 4.77. The molecule has 0 bridgehead atoms. The molecule has 150 valence electrons. The zero-order chi connectivity index (χ0) is 21.3. The third-order valence-electron chi connectivity index (χ3n) is 5.09. The minimum Gasteiger partial charge on any atom is -0.507 e. The second-order valence-electron chi connectivity index (χ2n) is 7.21. The number of hydrogen-bond donors (Lipinski definition) is 1. The van der Waals surface area contributed by atoms with Crippen LogP contribution >= 0.6 is 15.9 Å². The molecule has 0 aliphatic carbocycles. The molecule has 0 saturated carbocycles. The van der Waals surface area contributed by atoms with Crippen LogP contribution in [0, 0.1) is 6.92 Å². The van der Waals surface area contributed by atoms with Crippen LogP contribution in [0.15, 0.2) is 83.1 Å². The largest absolute Gasteiger partial charge is 0.507 e. The first kappa shape index (κ1) is 20.0. The zero-order valence-electron chi connectivity index (χ0n) is 16.2. The van der Waals surface area contributed by atoms with Crippen LogP contribution in [-0.2, 0) is 16.1 Å². The van der Waals surface area contributed by atoms with Gasteiger partial charge in [-0.05, 0) is 36.2 Å². The average molecular weight is 463 g/mol. The Labute approximate surface area is 182 Å². The topological polar surface area (TPSA) is 70.5 Å². The molecule has 1 aliphatic rings. The van der Waals surface area contributed by atoms with E-state index in [1.54, 1.807) is 42.7 Å². The minimum atomic E-state index is -0.689. The van der Waals surface area contributed by atoms with Gasteiger partial charge in [0.15, 0.2) is 0 Å². The number of nitrogens with zero attached hydrogens (tertiary/aromatic N) is 2. The zero-order valence-corrected chi connectivity index (χ0v) is 17.8. The van der Waals surface area contributed by atoms with Crippen molar-refractivity contribution in [1.29, 1.82) is 0 Å². The number of amides is 1. The number of benzene rings is 2. The van der Waals surface area contributed by atoms with E-state index >= 15 is 0 Å². The van der Waals surface area contributed by atoms with E-state index in [1.165, 1.54) is 4.90 Å². The number of aromatic nitrogens is 1. The number of pyridine rings is 1. The van der Waals surface area contributed by atoms with Crippen molar-refractivity contribution >= 4 is 33.4 Å². The molecule has 1 atom stereocenters. The molecule has 1 saturated heterocycles. The maximum Gasteiger partial charge on any atom is 0.295 e. The number of aryl methyl sites for hydroxylation is 1. The first-order valence-electron chi connectivity index (χ1n) is 9.45. The Morgan fingerprint density at radius 2 is 1.87 bits per heavy atom. The van der Waals surface area contributed by atoms with Gasteiger partial charge in [0, 0.05) is 29.0 Å². The van der Waals surface area contributed by atoms with E-state index in [1.807, 2.05) is 37.3 Å². The van der Waals surface area contributed by atoms with Crippen molar-refractivity contribution in [2.45, 2.75) is 19.5 Å². The average Bonchev–Trinajstić information content (AvgIpc) is 2.99. The van der Waals surface area contributed by atoms with Crippen molar-refractivity contribution in [2.75, 3.05) is 0 Å². The summed E-state index contributed by atoms with van der Waals surface area (Å²) in [4.78, 5) is 31.6. The van der Waals surface area contributed by atoms with Crippen LogP contribution in [0.3, 0.4) is 0 Å². The number of rotatable bonds is 4. The number of carbonyl (C=O) groups is 2. The van der Waals surface area contributed by atoms with Gasteiger partial charge in [0.25, 0.3) is 11.7 Å². The van der Waals surface area contributed by atoms with Crippen LogP contribution in [0.5, 0.6) is 0 Å². The lowest BCUT2D eigenvalue weighted by Crippen LogP contribution is -2.29. The SMILES string of the molecule is Cc1cccc(C2/C(=C(/O)c3ccc(Br)cc3)C(=O)C(=O)N2Cc2cccnc2)c1. The highest BCUT2D eigenvalue weighted by Gasteiger charge is 2.46. The molecule has 1 amide bonds. The summed E-state index contributed by atoms with van der Waals surface area (Å²) in [6.07, 6.45) is 3.32. The van der Waals surface area contributed by atoms with E-state index in [-0.39, 0.29) is 17.9 Å². The van der Waals surface area contributed by atoms with Gasteiger partial charge >= 0.3 is 0 Å². The van der Waals surface area contributed by atoms with E-state index in [0.717, 1.165) is 21.2 Å². The van der Waals surface area contributed by atoms with Crippen LogP contribution in [0.2, 0.25) is 0 Å². The van der Waals surface area contributed by atoms with Gasteiger partial charge < -0.3 is 10.0 Å². The second kappa shape index (κ2) is 8.24. The van der Waals surface area contributed by atoms with Gasteiger partial charge in [0.2, 0.25) is 0 Å². The fourth-order valence-electron chi connectivity index (χ4n) is 3.68. The molecular formula is C24H19BrN2O3.